The molecule has 1 aliphatic rings. The minimum Gasteiger partial charge on any atom is -0.468 e. The van der Waals surface area contributed by atoms with Gasteiger partial charge < -0.3 is 24.5 Å². The summed E-state index contributed by atoms with van der Waals surface area (Å²) in [7, 11) is -4.06. The molecule has 0 radical (unpaired) electrons. The van der Waals surface area contributed by atoms with Crippen molar-refractivity contribution in [2.45, 2.75) is 16.7 Å². The molecular formula is C22H19FN2O7S. The molecule has 1 atom stereocenters. The number of halogens is 1. The maximum Gasteiger partial charge on any atom is 0.309 e. The Bertz CT molecular complexity index is 1260. The maximum atomic E-state index is 13.2. The molecule has 0 fully saturated rings. The SMILES string of the molecule is O=C(NCc1ccc2c(c1)OCO2)C(=O)NCC(c1ccco1)S(=O)(=O)c1ccc(F)cc1. The first-order valence-corrected chi connectivity index (χ1v) is 11.4. The Kier molecular flexibility index (Phi) is 6.31. The molecule has 0 bridgehead atoms. The lowest BCUT2D eigenvalue weighted by Gasteiger charge is -2.16. The number of carbonyl (C=O) groups excluding carboxylic acids is 2. The van der Waals surface area contributed by atoms with E-state index in [9.17, 15) is 22.4 Å². The van der Waals surface area contributed by atoms with E-state index in [0.717, 1.165) is 24.3 Å². The number of hydrogen-bond donors (Lipinski definition) is 2. The van der Waals surface area contributed by atoms with Crippen LogP contribution in [-0.4, -0.2) is 33.6 Å². The second-order valence-electron chi connectivity index (χ2n) is 7.08. The van der Waals surface area contributed by atoms with E-state index in [1.807, 2.05) is 0 Å². The Morgan fingerprint density at radius 2 is 1.70 bits per heavy atom. The van der Waals surface area contributed by atoms with E-state index in [1.54, 1.807) is 18.2 Å². The first-order chi connectivity index (χ1) is 15.8. The Balaban J connectivity index is 1.40. The molecular weight excluding hydrogens is 455 g/mol. The zero-order valence-electron chi connectivity index (χ0n) is 17.1. The summed E-state index contributed by atoms with van der Waals surface area (Å²) in [5.41, 5.74) is 0.688. The van der Waals surface area contributed by atoms with Crippen LogP contribution < -0.4 is 20.1 Å². The standard InChI is InChI=1S/C22H19FN2O7S/c23-15-4-6-16(7-5-15)33(28,29)20(18-2-1-9-30-18)12-25-22(27)21(26)24-11-14-3-8-17-19(10-14)32-13-31-17/h1-10,20H,11-13H2,(H,24,26)(H,25,27). The highest BCUT2D eigenvalue weighted by atomic mass is 32.2. The van der Waals surface area contributed by atoms with Crippen LogP contribution in [-0.2, 0) is 26.0 Å². The van der Waals surface area contributed by atoms with Gasteiger partial charge >= 0.3 is 11.8 Å². The van der Waals surface area contributed by atoms with Gasteiger partial charge in [-0.3, -0.25) is 9.59 Å². The number of amides is 2. The highest BCUT2D eigenvalue weighted by molar-refractivity contribution is 7.91. The molecule has 2 aromatic carbocycles. The molecule has 3 aromatic rings. The quantitative estimate of drug-likeness (QED) is 0.397. The molecule has 0 saturated carbocycles. The van der Waals surface area contributed by atoms with Gasteiger partial charge in [0.15, 0.2) is 21.3 Å². The van der Waals surface area contributed by atoms with Crippen LogP contribution in [0.4, 0.5) is 4.39 Å². The smallest absolute Gasteiger partial charge is 0.309 e. The molecule has 9 nitrogen and oxygen atoms in total. The van der Waals surface area contributed by atoms with Gasteiger partial charge in [0.1, 0.15) is 16.8 Å². The molecule has 0 aliphatic carbocycles. The van der Waals surface area contributed by atoms with E-state index in [2.05, 4.69) is 10.6 Å². The second-order valence-corrected chi connectivity index (χ2v) is 9.21. The first kappa shape index (κ1) is 22.3. The van der Waals surface area contributed by atoms with E-state index in [4.69, 9.17) is 13.9 Å². The number of rotatable bonds is 7. The van der Waals surface area contributed by atoms with E-state index >= 15 is 0 Å². The average molecular weight is 474 g/mol. The third-order valence-electron chi connectivity index (χ3n) is 4.92. The summed E-state index contributed by atoms with van der Waals surface area (Å²) in [4.78, 5) is 24.4. The lowest BCUT2D eigenvalue weighted by atomic mass is 10.2. The summed E-state index contributed by atoms with van der Waals surface area (Å²) >= 11 is 0. The van der Waals surface area contributed by atoms with Gasteiger partial charge in [-0.05, 0) is 54.1 Å². The molecule has 2 N–H and O–H groups in total. The highest BCUT2D eigenvalue weighted by Gasteiger charge is 2.32. The molecule has 0 spiro atoms. The number of nitrogens with one attached hydrogen (secondary N) is 2. The second kappa shape index (κ2) is 9.33. The van der Waals surface area contributed by atoms with Gasteiger partial charge in [-0.1, -0.05) is 6.07 Å². The summed E-state index contributed by atoms with van der Waals surface area (Å²) in [5.74, 6) is -1.34. The van der Waals surface area contributed by atoms with Gasteiger partial charge in [-0.25, -0.2) is 12.8 Å². The Morgan fingerprint density at radius 3 is 2.42 bits per heavy atom. The summed E-state index contributed by atoms with van der Waals surface area (Å²) in [6, 6.07) is 12.3. The van der Waals surface area contributed by atoms with Gasteiger partial charge in [-0.2, -0.15) is 0 Å². The van der Waals surface area contributed by atoms with Crippen LogP contribution in [0.2, 0.25) is 0 Å². The first-order valence-electron chi connectivity index (χ1n) is 9.82. The Labute approximate surface area is 188 Å². The third kappa shape index (κ3) is 4.98. The van der Waals surface area contributed by atoms with E-state index < -0.39 is 39.3 Å². The molecule has 1 aliphatic heterocycles. The minimum atomic E-state index is -4.06. The van der Waals surface area contributed by atoms with E-state index in [1.165, 1.54) is 18.4 Å². The maximum absolute atomic E-state index is 13.2. The van der Waals surface area contributed by atoms with Gasteiger partial charge in [0, 0.05) is 13.1 Å². The van der Waals surface area contributed by atoms with E-state index in [-0.39, 0.29) is 24.0 Å². The van der Waals surface area contributed by atoms with Gasteiger partial charge in [0.05, 0.1) is 11.2 Å². The van der Waals surface area contributed by atoms with Crippen molar-refractivity contribution in [3.8, 4) is 11.5 Å². The number of benzene rings is 2. The lowest BCUT2D eigenvalue weighted by Crippen LogP contribution is -2.42. The predicted molar refractivity (Wildman–Crippen MR) is 112 cm³/mol. The molecule has 4 rings (SSSR count). The molecule has 1 aromatic heterocycles. The molecule has 0 saturated heterocycles. The summed E-state index contributed by atoms with van der Waals surface area (Å²) in [6.45, 7) is -0.257. The van der Waals surface area contributed by atoms with Gasteiger partial charge in [-0.15, -0.1) is 0 Å². The number of carbonyl (C=O) groups is 2. The van der Waals surface area contributed by atoms with Crippen LogP contribution in [0.25, 0.3) is 0 Å². The van der Waals surface area contributed by atoms with Crippen LogP contribution in [0.1, 0.15) is 16.6 Å². The summed E-state index contributed by atoms with van der Waals surface area (Å²) < 4.78 is 55.1. The summed E-state index contributed by atoms with van der Waals surface area (Å²) in [5, 5.41) is 3.47. The lowest BCUT2D eigenvalue weighted by molar-refractivity contribution is -0.139. The highest BCUT2D eigenvalue weighted by Crippen LogP contribution is 2.32. The number of fused-ring (bicyclic) bond motifs is 1. The monoisotopic (exact) mass is 474 g/mol. The Hall–Kier alpha value is -3.86. The fourth-order valence-corrected chi connectivity index (χ4v) is 4.79. The van der Waals surface area contributed by atoms with Gasteiger partial charge in [0.25, 0.3) is 0 Å². The number of furan rings is 1. The van der Waals surface area contributed by atoms with Crippen molar-refractivity contribution < 1.29 is 36.3 Å². The zero-order chi connectivity index (χ0) is 23.4. The minimum absolute atomic E-state index is 0.0540. The van der Waals surface area contributed by atoms with Crippen LogP contribution in [0, 0.1) is 5.82 Å². The van der Waals surface area contributed by atoms with Crippen LogP contribution in [0.15, 0.2) is 70.2 Å². The molecule has 1 unspecified atom stereocenters. The van der Waals surface area contributed by atoms with Crippen LogP contribution >= 0.6 is 0 Å². The Morgan fingerprint density at radius 1 is 0.970 bits per heavy atom. The number of ether oxygens (including phenoxy) is 2. The van der Waals surface area contributed by atoms with E-state index in [0.29, 0.717) is 17.1 Å². The van der Waals surface area contributed by atoms with Crippen molar-refractivity contribution in [1.82, 2.24) is 10.6 Å². The molecule has 33 heavy (non-hydrogen) atoms. The molecule has 2 amide bonds. The number of sulfone groups is 1. The van der Waals surface area contributed by atoms with Crippen molar-refractivity contribution in [3.63, 3.8) is 0 Å². The van der Waals surface area contributed by atoms with Crippen LogP contribution in [0.5, 0.6) is 11.5 Å². The van der Waals surface area contributed by atoms with Crippen molar-refractivity contribution in [2.24, 2.45) is 0 Å². The van der Waals surface area contributed by atoms with Gasteiger partial charge in [0.2, 0.25) is 6.79 Å². The summed E-state index contributed by atoms with van der Waals surface area (Å²) in [6.07, 6.45) is 1.29. The average Bonchev–Trinajstić information content (AvgIpc) is 3.49. The third-order valence-corrected chi connectivity index (χ3v) is 7.00. The fourth-order valence-electron chi connectivity index (χ4n) is 3.21. The largest absolute Gasteiger partial charge is 0.468 e. The molecule has 11 heteroatoms. The van der Waals surface area contributed by atoms with Crippen molar-refractivity contribution in [1.29, 1.82) is 0 Å². The normalized spacial score (nSPS) is 13.4. The predicted octanol–water partition coefficient (Wildman–Crippen LogP) is 2.09. The molecule has 2 heterocycles. The number of hydrogen-bond acceptors (Lipinski definition) is 7. The zero-order valence-corrected chi connectivity index (χ0v) is 17.9. The topological polar surface area (TPSA) is 124 Å². The van der Waals surface area contributed by atoms with Crippen LogP contribution in [0.3, 0.4) is 0 Å². The van der Waals surface area contributed by atoms with Crippen molar-refractivity contribution in [3.05, 3.63) is 78.0 Å². The van der Waals surface area contributed by atoms with Crippen molar-refractivity contribution >= 4 is 21.7 Å². The fraction of sp³-hybridized carbons (Fsp3) is 0.182. The van der Waals surface area contributed by atoms with Crippen molar-refractivity contribution in [2.75, 3.05) is 13.3 Å². The molecule has 172 valence electrons.